The molecule has 0 fully saturated rings. The molecule has 23 heavy (non-hydrogen) atoms. The molecular formula is C17H14N4O2. The number of H-pyrrole nitrogens is 1. The molecule has 6 nitrogen and oxygen atoms in total. The maximum Gasteiger partial charge on any atom is 0.337 e. The highest BCUT2D eigenvalue weighted by Gasteiger charge is 2.41. The lowest BCUT2D eigenvalue weighted by molar-refractivity contribution is -0.136. The van der Waals surface area contributed by atoms with Crippen LogP contribution in [0.3, 0.4) is 0 Å². The fraction of sp³-hybridized carbons (Fsp3) is 0.294. The smallest absolute Gasteiger partial charge is 0.337 e. The van der Waals surface area contributed by atoms with Gasteiger partial charge in [-0.15, -0.1) is 0 Å². The van der Waals surface area contributed by atoms with Crippen molar-refractivity contribution in [3.63, 3.8) is 0 Å². The number of aliphatic imine (C=N–C) groups is 1. The molecule has 2 unspecified atom stereocenters. The first-order valence-corrected chi connectivity index (χ1v) is 7.39. The molecule has 3 heterocycles. The van der Waals surface area contributed by atoms with Crippen molar-refractivity contribution in [2.75, 3.05) is 6.61 Å². The molecule has 2 aliphatic heterocycles. The Morgan fingerprint density at radius 3 is 3.00 bits per heavy atom. The van der Waals surface area contributed by atoms with Gasteiger partial charge >= 0.3 is 5.97 Å². The first kappa shape index (κ1) is 13.7. The Balaban J connectivity index is 1.93. The number of hydrogen-bond acceptors (Lipinski definition) is 5. The zero-order valence-electron chi connectivity index (χ0n) is 12.8. The summed E-state index contributed by atoms with van der Waals surface area (Å²) < 4.78 is 5.14. The summed E-state index contributed by atoms with van der Waals surface area (Å²) in [4.78, 5) is 16.6. The van der Waals surface area contributed by atoms with Gasteiger partial charge in [-0.1, -0.05) is 6.07 Å². The maximum atomic E-state index is 12.2. The Hall–Kier alpha value is -2.94. The molecule has 0 radical (unpaired) electrons. The summed E-state index contributed by atoms with van der Waals surface area (Å²) in [5.74, 6) is -1.18. The Labute approximate surface area is 132 Å². The van der Waals surface area contributed by atoms with Crippen LogP contribution in [0.1, 0.15) is 24.1 Å². The first-order chi connectivity index (χ1) is 11.1. The average molecular weight is 306 g/mol. The summed E-state index contributed by atoms with van der Waals surface area (Å²) in [6.45, 7) is 3.96. The summed E-state index contributed by atoms with van der Waals surface area (Å²) in [5, 5.41) is 17.8. The summed E-state index contributed by atoms with van der Waals surface area (Å²) >= 11 is 0. The van der Waals surface area contributed by atoms with E-state index in [2.05, 4.69) is 21.3 Å². The molecule has 0 spiro atoms. The SMILES string of the molecule is CC1=NC2=C(C(=O)OC2)C(c2ccc3n[nH]c(C)c3c2)C1C#N. The second kappa shape index (κ2) is 4.78. The number of hydrogen-bond donors (Lipinski definition) is 1. The number of cyclic esters (lactones) is 1. The number of ether oxygens (including phenoxy) is 1. The third kappa shape index (κ3) is 1.90. The molecule has 0 aliphatic carbocycles. The van der Waals surface area contributed by atoms with Crippen molar-refractivity contribution >= 4 is 22.6 Å². The van der Waals surface area contributed by atoms with Crippen molar-refractivity contribution in [1.29, 1.82) is 5.26 Å². The lowest BCUT2D eigenvalue weighted by atomic mass is 9.76. The number of rotatable bonds is 1. The molecule has 1 aromatic heterocycles. The Morgan fingerprint density at radius 1 is 1.39 bits per heavy atom. The van der Waals surface area contributed by atoms with Crippen molar-refractivity contribution in [3.05, 3.63) is 40.7 Å². The number of aryl methyl sites for hydroxylation is 1. The summed E-state index contributed by atoms with van der Waals surface area (Å²) in [6.07, 6.45) is 0. The van der Waals surface area contributed by atoms with Crippen LogP contribution in [-0.4, -0.2) is 28.5 Å². The van der Waals surface area contributed by atoms with Crippen molar-refractivity contribution in [3.8, 4) is 6.07 Å². The molecule has 1 N–H and O–H groups in total. The van der Waals surface area contributed by atoms with Gasteiger partial charge in [-0.05, 0) is 31.5 Å². The highest BCUT2D eigenvalue weighted by Crippen LogP contribution is 2.42. The summed E-state index contributed by atoms with van der Waals surface area (Å²) in [7, 11) is 0. The van der Waals surface area contributed by atoms with Gasteiger partial charge in [-0.2, -0.15) is 10.4 Å². The Bertz CT molecular complexity index is 945. The molecule has 0 saturated heterocycles. The molecule has 2 atom stereocenters. The van der Waals surface area contributed by atoms with Crippen LogP contribution in [0.5, 0.6) is 0 Å². The zero-order chi connectivity index (χ0) is 16.1. The van der Waals surface area contributed by atoms with Gasteiger partial charge in [0.1, 0.15) is 6.61 Å². The van der Waals surface area contributed by atoms with Gasteiger partial charge in [0.15, 0.2) is 0 Å². The zero-order valence-corrected chi connectivity index (χ0v) is 12.8. The minimum absolute atomic E-state index is 0.188. The Kier molecular flexibility index (Phi) is 2.85. The number of aromatic nitrogens is 2. The molecule has 4 rings (SSSR count). The third-order valence-corrected chi connectivity index (χ3v) is 4.54. The van der Waals surface area contributed by atoms with Crippen LogP contribution >= 0.6 is 0 Å². The predicted molar refractivity (Wildman–Crippen MR) is 83.8 cm³/mol. The molecular weight excluding hydrogens is 292 g/mol. The van der Waals surface area contributed by atoms with E-state index in [9.17, 15) is 10.1 Å². The average Bonchev–Trinajstić information content (AvgIpc) is 3.09. The highest BCUT2D eigenvalue weighted by atomic mass is 16.5. The number of esters is 1. The quantitative estimate of drug-likeness (QED) is 0.819. The molecule has 0 bridgehead atoms. The lowest BCUT2D eigenvalue weighted by Crippen LogP contribution is -2.26. The first-order valence-electron chi connectivity index (χ1n) is 7.39. The van der Waals surface area contributed by atoms with E-state index in [0.29, 0.717) is 11.3 Å². The molecule has 1 aromatic carbocycles. The minimum atomic E-state index is -0.468. The molecule has 2 aromatic rings. The lowest BCUT2D eigenvalue weighted by Gasteiger charge is -2.26. The van der Waals surface area contributed by atoms with E-state index >= 15 is 0 Å². The van der Waals surface area contributed by atoms with Crippen LogP contribution in [0.25, 0.3) is 10.9 Å². The largest absolute Gasteiger partial charge is 0.456 e. The molecule has 6 heteroatoms. The molecule has 0 amide bonds. The number of aromatic amines is 1. The third-order valence-electron chi connectivity index (χ3n) is 4.54. The monoisotopic (exact) mass is 306 g/mol. The van der Waals surface area contributed by atoms with E-state index in [0.717, 1.165) is 27.9 Å². The van der Waals surface area contributed by atoms with E-state index in [1.54, 1.807) is 0 Å². The van der Waals surface area contributed by atoms with Crippen molar-refractivity contribution in [2.45, 2.75) is 19.8 Å². The Morgan fingerprint density at radius 2 is 2.22 bits per heavy atom. The topological polar surface area (TPSA) is 91.1 Å². The number of benzene rings is 1. The van der Waals surface area contributed by atoms with Gasteiger partial charge in [-0.25, -0.2) is 4.79 Å². The van der Waals surface area contributed by atoms with Gasteiger partial charge in [0.25, 0.3) is 0 Å². The fourth-order valence-electron chi connectivity index (χ4n) is 3.37. The summed E-state index contributed by atoms with van der Waals surface area (Å²) in [5.41, 5.74) is 4.62. The number of carbonyl (C=O) groups is 1. The van der Waals surface area contributed by atoms with Gasteiger partial charge in [0, 0.05) is 22.7 Å². The van der Waals surface area contributed by atoms with Crippen LogP contribution < -0.4 is 0 Å². The van der Waals surface area contributed by atoms with Crippen molar-refractivity contribution in [1.82, 2.24) is 10.2 Å². The van der Waals surface area contributed by atoms with Crippen LogP contribution in [0.15, 0.2) is 34.5 Å². The molecule has 114 valence electrons. The summed E-state index contributed by atoms with van der Waals surface area (Å²) in [6, 6.07) is 8.12. The number of fused-ring (bicyclic) bond motifs is 1. The maximum absolute atomic E-state index is 12.2. The van der Waals surface area contributed by atoms with Crippen molar-refractivity contribution in [2.24, 2.45) is 10.9 Å². The highest BCUT2D eigenvalue weighted by molar-refractivity contribution is 6.00. The number of nitrogens with one attached hydrogen (secondary N) is 1. The van der Waals surface area contributed by atoms with E-state index in [-0.39, 0.29) is 18.5 Å². The van der Waals surface area contributed by atoms with Crippen molar-refractivity contribution < 1.29 is 9.53 Å². The van der Waals surface area contributed by atoms with Crippen LogP contribution in [-0.2, 0) is 9.53 Å². The normalized spacial score (nSPS) is 23.5. The van der Waals surface area contributed by atoms with Crippen LogP contribution in [0.2, 0.25) is 0 Å². The number of nitriles is 1. The van der Waals surface area contributed by atoms with E-state index in [4.69, 9.17) is 4.74 Å². The van der Waals surface area contributed by atoms with Crippen LogP contribution in [0.4, 0.5) is 0 Å². The van der Waals surface area contributed by atoms with Gasteiger partial charge in [-0.3, -0.25) is 10.1 Å². The molecule has 2 aliphatic rings. The van der Waals surface area contributed by atoms with E-state index in [1.165, 1.54) is 0 Å². The second-order valence-electron chi connectivity index (χ2n) is 5.90. The fourth-order valence-corrected chi connectivity index (χ4v) is 3.37. The molecule has 0 saturated carbocycles. The minimum Gasteiger partial charge on any atom is -0.456 e. The van der Waals surface area contributed by atoms with Gasteiger partial charge < -0.3 is 4.74 Å². The van der Waals surface area contributed by atoms with E-state index < -0.39 is 5.92 Å². The van der Waals surface area contributed by atoms with Gasteiger partial charge in [0.2, 0.25) is 0 Å². The second-order valence-corrected chi connectivity index (χ2v) is 5.90. The number of carbonyl (C=O) groups excluding carboxylic acids is 1. The number of nitrogens with zero attached hydrogens (tertiary/aromatic N) is 3. The predicted octanol–water partition coefficient (Wildman–Crippen LogP) is 2.38. The standard InChI is InChI=1S/C17H14N4O2/c1-8-12(6-18)15(16-14(19-8)7-23-17(16)22)10-3-4-13-11(5-10)9(2)20-21-13/h3-5,12,15H,7H2,1-2H3,(H,20,21). The van der Waals surface area contributed by atoms with Gasteiger partial charge in [0.05, 0.1) is 28.8 Å². The van der Waals surface area contributed by atoms with Crippen LogP contribution in [0, 0.1) is 24.2 Å². The van der Waals surface area contributed by atoms with E-state index in [1.807, 2.05) is 32.0 Å².